The van der Waals surface area contributed by atoms with E-state index in [2.05, 4.69) is 9.57 Å². The number of rotatable bonds is 5. The molecule has 0 amide bonds. The molecule has 0 aromatic carbocycles. The first kappa shape index (κ1) is 12.3. The Morgan fingerprint density at radius 2 is 2.08 bits per heavy atom. The van der Waals surface area contributed by atoms with E-state index >= 15 is 0 Å². The molecule has 0 aromatic heterocycles. The number of nitrogens with one attached hydrogen (secondary N) is 1. The minimum atomic E-state index is -3.78. The van der Waals surface area contributed by atoms with Gasteiger partial charge in [-0.15, -0.1) is 0 Å². The minimum absolute atomic E-state index is 0.188. The number of methoxy groups -OCH3 is 1. The molecule has 1 unspecified atom stereocenters. The maximum atomic E-state index is 11.2. The molecule has 13 heavy (non-hydrogen) atoms. The van der Waals surface area contributed by atoms with Crippen LogP contribution in [-0.4, -0.2) is 33.4 Å². The van der Waals surface area contributed by atoms with Gasteiger partial charge < -0.3 is 4.74 Å². The summed E-state index contributed by atoms with van der Waals surface area (Å²) in [6.07, 6.45) is 0. The molecule has 0 radical (unpaired) electrons. The Morgan fingerprint density at radius 1 is 1.54 bits per heavy atom. The highest BCUT2D eigenvalue weighted by atomic mass is 32.2. The molecule has 0 saturated heterocycles. The molecule has 78 valence electrons. The van der Waals surface area contributed by atoms with E-state index in [9.17, 15) is 13.2 Å². The maximum Gasteiger partial charge on any atom is 0.325 e. The Labute approximate surface area is 77.2 Å². The third-order valence-electron chi connectivity index (χ3n) is 1.32. The minimum Gasteiger partial charge on any atom is -0.468 e. The van der Waals surface area contributed by atoms with Crippen molar-refractivity contribution in [2.24, 2.45) is 0 Å². The topological polar surface area (TPSA) is 81.7 Å². The van der Waals surface area contributed by atoms with Crippen molar-refractivity contribution in [3.8, 4) is 0 Å². The summed E-state index contributed by atoms with van der Waals surface area (Å²) in [5.74, 6) is -0.827. The highest BCUT2D eigenvalue weighted by Gasteiger charge is 2.28. The van der Waals surface area contributed by atoms with Gasteiger partial charge in [0.15, 0.2) is 5.25 Å². The van der Waals surface area contributed by atoms with E-state index in [4.69, 9.17) is 0 Å². The van der Waals surface area contributed by atoms with Crippen LogP contribution in [0.1, 0.15) is 13.8 Å². The Kier molecular flexibility index (Phi) is 4.89. The van der Waals surface area contributed by atoms with Gasteiger partial charge in [0, 0.05) is 0 Å². The molecular formula is C6H13NO5S. The van der Waals surface area contributed by atoms with E-state index in [1.807, 2.05) is 0 Å². The van der Waals surface area contributed by atoms with Gasteiger partial charge in [-0.2, -0.15) is 0 Å². The zero-order valence-electron chi connectivity index (χ0n) is 7.73. The van der Waals surface area contributed by atoms with Crippen LogP contribution in [-0.2, 0) is 24.4 Å². The summed E-state index contributed by atoms with van der Waals surface area (Å²) in [6, 6.07) is 0. The molecular weight excluding hydrogens is 198 g/mol. The summed E-state index contributed by atoms with van der Waals surface area (Å²) in [7, 11) is -2.66. The first-order valence-corrected chi connectivity index (χ1v) is 5.20. The molecule has 7 heteroatoms. The van der Waals surface area contributed by atoms with Crippen molar-refractivity contribution in [2.45, 2.75) is 19.1 Å². The lowest BCUT2D eigenvalue weighted by Crippen LogP contribution is -2.38. The molecule has 0 aromatic rings. The van der Waals surface area contributed by atoms with Crippen LogP contribution in [0.15, 0.2) is 0 Å². The summed E-state index contributed by atoms with van der Waals surface area (Å²) in [5.41, 5.74) is 0. The molecule has 0 spiro atoms. The lowest BCUT2D eigenvalue weighted by Gasteiger charge is -2.10. The number of hydrogen-bond donors (Lipinski definition) is 1. The Hall–Kier alpha value is -0.660. The van der Waals surface area contributed by atoms with E-state index in [0.29, 0.717) is 0 Å². The monoisotopic (exact) mass is 211 g/mol. The van der Waals surface area contributed by atoms with Crippen LogP contribution in [0.2, 0.25) is 0 Å². The standard InChI is InChI=1S/C6H13NO5S/c1-4-12-7-13(9,10)5(2)6(8)11-3/h5,7H,4H2,1-3H3. The lowest BCUT2D eigenvalue weighted by molar-refractivity contribution is -0.139. The normalized spacial score (nSPS) is 13.8. The molecule has 0 aliphatic rings. The quantitative estimate of drug-likeness (QED) is 0.486. The SMILES string of the molecule is CCONS(=O)(=O)C(C)C(=O)OC. The van der Waals surface area contributed by atoms with Crippen LogP contribution in [0.5, 0.6) is 0 Å². The molecule has 0 aliphatic carbocycles. The Morgan fingerprint density at radius 3 is 2.46 bits per heavy atom. The molecule has 0 saturated carbocycles. The molecule has 0 fully saturated rings. The predicted molar refractivity (Wildman–Crippen MR) is 45.2 cm³/mol. The zero-order valence-corrected chi connectivity index (χ0v) is 8.55. The van der Waals surface area contributed by atoms with Gasteiger partial charge in [0.1, 0.15) is 0 Å². The number of carbonyl (C=O) groups excluding carboxylic acids is 1. The second kappa shape index (κ2) is 5.15. The average molecular weight is 211 g/mol. The van der Waals surface area contributed by atoms with Crippen LogP contribution in [0.25, 0.3) is 0 Å². The highest BCUT2D eigenvalue weighted by molar-refractivity contribution is 7.90. The summed E-state index contributed by atoms with van der Waals surface area (Å²) in [4.78, 5) is 17.1. The fourth-order valence-electron chi connectivity index (χ4n) is 0.506. The second-order valence-electron chi connectivity index (χ2n) is 2.23. The van der Waals surface area contributed by atoms with Crippen LogP contribution in [0.4, 0.5) is 0 Å². The van der Waals surface area contributed by atoms with E-state index in [1.165, 1.54) is 6.92 Å². The first-order chi connectivity index (χ1) is 5.95. The Balaban J connectivity index is 4.37. The number of ether oxygens (including phenoxy) is 1. The van der Waals surface area contributed by atoms with Gasteiger partial charge >= 0.3 is 5.97 Å². The molecule has 0 rings (SSSR count). The van der Waals surface area contributed by atoms with Crippen molar-refractivity contribution >= 4 is 16.0 Å². The van der Waals surface area contributed by atoms with Crippen molar-refractivity contribution < 1.29 is 22.8 Å². The van der Waals surface area contributed by atoms with Crippen molar-refractivity contribution in [1.82, 2.24) is 4.89 Å². The van der Waals surface area contributed by atoms with Gasteiger partial charge in [-0.1, -0.05) is 4.89 Å². The van der Waals surface area contributed by atoms with E-state index in [1.54, 1.807) is 11.8 Å². The maximum absolute atomic E-state index is 11.2. The van der Waals surface area contributed by atoms with E-state index in [0.717, 1.165) is 7.11 Å². The number of hydrogen-bond acceptors (Lipinski definition) is 5. The number of esters is 1. The lowest BCUT2D eigenvalue weighted by atomic mass is 10.5. The Bertz CT molecular complexity index is 260. The molecule has 0 aliphatic heterocycles. The largest absolute Gasteiger partial charge is 0.468 e. The van der Waals surface area contributed by atoms with Crippen LogP contribution in [0.3, 0.4) is 0 Å². The molecule has 1 N–H and O–H groups in total. The van der Waals surface area contributed by atoms with E-state index < -0.39 is 21.2 Å². The molecule has 6 nitrogen and oxygen atoms in total. The van der Waals surface area contributed by atoms with Gasteiger partial charge in [-0.3, -0.25) is 9.63 Å². The summed E-state index contributed by atoms with van der Waals surface area (Å²) in [5, 5.41) is -1.27. The highest BCUT2D eigenvalue weighted by Crippen LogP contribution is 1.99. The summed E-state index contributed by atoms with van der Waals surface area (Å²) < 4.78 is 26.6. The predicted octanol–water partition coefficient (Wildman–Crippen LogP) is -0.581. The summed E-state index contributed by atoms with van der Waals surface area (Å²) in [6.45, 7) is 3.02. The van der Waals surface area contributed by atoms with Crippen LogP contribution < -0.4 is 4.89 Å². The van der Waals surface area contributed by atoms with Crippen LogP contribution >= 0.6 is 0 Å². The third kappa shape index (κ3) is 3.71. The van der Waals surface area contributed by atoms with Gasteiger partial charge in [0.25, 0.3) is 0 Å². The van der Waals surface area contributed by atoms with Crippen molar-refractivity contribution in [2.75, 3.05) is 13.7 Å². The second-order valence-corrected chi connectivity index (χ2v) is 4.19. The average Bonchev–Trinajstić information content (AvgIpc) is 2.12. The molecule has 1 atom stereocenters. The van der Waals surface area contributed by atoms with Gasteiger partial charge in [-0.05, 0) is 13.8 Å². The van der Waals surface area contributed by atoms with Crippen molar-refractivity contribution in [3.63, 3.8) is 0 Å². The van der Waals surface area contributed by atoms with Crippen molar-refractivity contribution in [1.29, 1.82) is 0 Å². The molecule has 0 bridgehead atoms. The fraction of sp³-hybridized carbons (Fsp3) is 0.833. The third-order valence-corrected chi connectivity index (χ3v) is 2.79. The van der Waals surface area contributed by atoms with Gasteiger partial charge in [0.05, 0.1) is 13.7 Å². The van der Waals surface area contributed by atoms with Crippen LogP contribution in [0, 0.1) is 0 Å². The smallest absolute Gasteiger partial charge is 0.325 e. The van der Waals surface area contributed by atoms with E-state index in [-0.39, 0.29) is 6.61 Å². The first-order valence-electron chi connectivity index (χ1n) is 3.66. The fourth-order valence-corrected chi connectivity index (χ4v) is 1.28. The zero-order chi connectivity index (χ0) is 10.5. The molecule has 0 heterocycles. The summed E-state index contributed by atoms with van der Waals surface area (Å²) >= 11 is 0. The number of carbonyl (C=O) groups is 1. The van der Waals surface area contributed by atoms with Crippen molar-refractivity contribution in [3.05, 3.63) is 0 Å². The van der Waals surface area contributed by atoms with Gasteiger partial charge in [0.2, 0.25) is 10.0 Å². The number of sulfonamides is 1. The van der Waals surface area contributed by atoms with Gasteiger partial charge in [-0.25, -0.2) is 8.42 Å².